The smallest absolute Gasteiger partial charge is 0.133 e. The molecule has 2 aromatic rings. The zero-order chi connectivity index (χ0) is 11.5. The van der Waals surface area contributed by atoms with Crippen LogP contribution in [0.1, 0.15) is 17.4 Å². The molecule has 84 valence electrons. The first kappa shape index (κ1) is 10.7. The molecule has 0 fully saturated rings. The molecule has 0 radical (unpaired) electrons. The van der Waals surface area contributed by atoms with Crippen molar-refractivity contribution in [2.75, 3.05) is 7.11 Å². The Morgan fingerprint density at radius 3 is 2.75 bits per heavy atom. The van der Waals surface area contributed by atoms with Crippen molar-refractivity contribution in [3.8, 4) is 5.75 Å². The summed E-state index contributed by atoms with van der Waals surface area (Å²) in [4.78, 5) is 2.84. The maximum atomic E-state index is 13.6. The molecule has 1 aromatic heterocycles. The van der Waals surface area contributed by atoms with Gasteiger partial charge >= 0.3 is 0 Å². The number of aromatic amines is 1. The molecule has 0 bridgehead atoms. The van der Waals surface area contributed by atoms with E-state index in [2.05, 4.69) is 4.98 Å². The van der Waals surface area contributed by atoms with Crippen molar-refractivity contribution in [1.82, 2.24) is 4.98 Å². The van der Waals surface area contributed by atoms with E-state index < -0.39 is 11.9 Å². The van der Waals surface area contributed by atoms with Gasteiger partial charge < -0.3 is 14.8 Å². The number of ether oxygens (including phenoxy) is 1. The largest absolute Gasteiger partial charge is 0.497 e. The predicted octanol–water partition coefficient (Wildman–Crippen LogP) is 2.24. The lowest BCUT2D eigenvalue weighted by Gasteiger charge is -2.11. The molecule has 0 saturated carbocycles. The third-order valence-electron chi connectivity index (χ3n) is 2.42. The average Bonchev–Trinajstić information content (AvgIpc) is 2.81. The van der Waals surface area contributed by atoms with Crippen molar-refractivity contribution in [2.45, 2.75) is 6.10 Å². The highest BCUT2D eigenvalue weighted by Gasteiger charge is 2.15. The van der Waals surface area contributed by atoms with Gasteiger partial charge in [0.2, 0.25) is 0 Å². The molecule has 1 unspecified atom stereocenters. The molecule has 16 heavy (non-hydrogen) atoms. The Morgan fingerprint density at radius 1 is 1.38 bits per heavy atom. The summed E-state index contributed by atoms with van der Waals surface area (Å²) in [6.45, 7) is 0. The normalized spacial score (nSPS) is 12.4. The van der Waals surface area contributed by atoms with Crippen molar-refractivity contribution in [3.05, 3.63) is 53.6 Å². The van der Waals surface area contributed by atoms with Crippen LogP contribution in [0.25, 0.3) is 0 Å². The van der Waals surface area contributed by atoms with Crippen LogP contribution in [-0.2, 0) is 0 Å². The van der Waals surface area contributed by atoms with Gasteiger partial charge in [0.05, 0.1) is 7.11 Å². The first-order valence-corrected chi connectivity index (χ1v) is 4.87. The number of methoxy groups -OCH3 is 1. The lowest BCUT2D eigenvalue weighted by atomic mass is 10.1. The van der Waals surface area contributed by atoms with E-state index in [4.69, 9.17) is 4.74 Å². The number of halogens is 1. The first-order valence-electron chi connectivity index (χ1n) is 4.87. The molecule has 1 atom stereocenters. The molecule has 0 aliphatic heterocycles. The van der Waals surface area contributed by atoms with E-state index in [1.165, 1.54) is 19.2 Å². The van der Waals surface area contributed by atoms with Gasteiger partial charge in [-0.15, -0.1) is 0 Å². The summed E-state index contributed by atoms with van der Waals surface area (Å²) in [5, 5.41) is 9.91. The quantitative estimate of drug-likeness (QED) is 0.834. The van der Waals surface area contributed by atoms with Gasteiger partial charge in [-0.05, 0) is 24.3 Å². The Balaban J connectivity index is 2.34. The number of hydrogen-bond acceptors (Lipinski definition) is 2. The molecule has 4 heteroatoms. The van der Waals surface area contributed by atoms with Crippen LogP contribution in [0.15, 0.2) is 36.5 Å². The Hall–Kier alpha value is -1.81. The van der Waals surface area contributed by atoms with Crippen molar-refractivity contribution in [3.63, 3.8) is 0 Å². The lowest BCUT2D eigenvalue weighted by Crippen LogP contribution is -2.03. The van der Waals surface area contributed by atoms with Crippen LogP contribution in [-0.4, -0.2) is 17.2 Å². The van der Waals surface area contributed by atoms with E-state index in [0.29, 0.717) is 11.4 Å². The Bertz CT molecular complexity index is 468. The van der Waals surface area contributed by atoms with Gasteiger partial charge in [-0.1, -0.05) is 0 Å². The van der Waals surface area contributed by atoms with Crippen LogP contribution in [0.4, 0.5) is 4.39 Å². The summed E-state index contributed by atoms with van der Waals surface area (Å²) in [7, 11) is 1.47. The number of aromatic nitrogens is 1. The Morgan fingerprint density at radius 2 is 2.19 bits per heavy atom. The monoisotopic (exact) mass is 221 g/mol. The summed E-state index contributed by atoms with van der Waals surface area (Å²) in [5.41, 5.74) is 0.785. The molecule has 0 spiro atoms. The maximum Gasteiger partial charge on any atom is 0.133 e. The van der Waals surface area contributed by atoms with Gasteiger partial charge in [-0.25, -0.2) is 4.39 Å². The minimum Gasteiger partial charge on any atom is -0.497 e. The minimum absolute atomic E-state index is 0.225. The number of H-pyrrole nitrogens is 1. The minimum atomic E-state index is -0.985. The fraction of sp³-hybridized carbons (Fsp3) is 0.167. The van der Waals surface area contributed by atoms with Crippen LogP contribution >= 0.6 is 0 Å². The summed E-state index contributed by atoms with van der Waals surface area (Å²) in [5.74, 6) is -0.0543. The zero-order valence-corrected chi connectivity index (χ0v) is 8.77. The molecule has 1 aromatic carbocycles. The average molecular weight is 221 g/mol. The van der Waals surface area contributed by atoms with Crippen molar-refractivity contribution >= 4 is 0 Å². The Kier molecular flexibility index (Phi) is 2.92. The van der Waals surface area contributed by atoms with Crippen LogP contribution in [0.3, 0.4) is 0 Å². The van der Waals surface area contributed by atoms with Crippen molar-refractivity contribution in [1.29, 1.82) is 0 Å². The van der Waals surface area contributed by atoms with Gasteiger partial charge in [0.15, 0.2) is 0 Å². The second kappa shape index (κ2) is 4.37. The van der Waals surface area contributed by atoms with Crippen LogP contribution < -0.4 is 4.74 Å². The lowest BCUT2D eigenvalue weighted by molar-refractivity contribution is 0.210. The third-order valence-corrected chi connectivity index (χ3v) is 2.42. The Labute approximate surface area is 92.5 Å². The molecule has 2 N–H and O–H groups in total. The zero-order valence-electron chi connectivity index (χ0n) is 8.77. The van der Waals surface area contributed by atoms with E-state index >= 15 is 0 Å². The second-order valence-electron chi connectivity index (χ2n) is 3.42. The molecular formula is C12H12FNO2. The van der Waals surface area contributed by atoms with Crippen LogP contribution in [0.5, 0.6) is 5.75 Å². The number of hydrogen-bond donors (Lipinski definition) is 2. The van der Waals surface area contributed by atoms with Gasteiger partial charge in [-0.3, -0.25) is 0 Å². The van der Waals surface area contributed by atoms with Crippen LogP contribution in [0, 0.1) is 5.82 Å². The standard InChI is InChI=1S/C12H12FNO2/c1-16-8-4-5-9(10(13)7-8)12(15)11-3-2-6-14-11/h2-7,12,14-15H,1H3. The summed E-state index contributed by atoms with van der Waals surface area (Å²) < 4.78 is 18.5. The van der Waals surface area contributed by atoms with E-state index in [-0.39, 0.29) is 5.56 Å². The predicted molar refractivity (Wildman–Crippen MR) is 57.8 cm³/mol. The highest BCUT2D eigenvalue weighted by molar-refractivity contribution is 5.33. The fourth-order valence-electron chi connectivity index (χ4n) is 1.54. The number of nitrogens with one attached hydrogen (secondary N) is 1. The molecule has 0 saturated heterocycles. The van der Waals surface area contributed by atoms with Gasteiger partial charge in [0.25, 0.3) is 0 Å². The molecule has 0 aliphatic rings. The first-order chi connectivity index (χ1) is 7.72. The SMILES string of the molecule is COc1ccc(C(O)c2ccc[nH]2)c(F)c1. The highest BCUT2D eigenvalue weighted by Crippen LogP contribution is 2.25. The number of benzene rings is 1. The van der Waals surface area contributed by atoms with Gasteiger partial charge in [-0.2, -0.15) is 0 Å². The van der Waals surface area contributed by atoms with Gasteiger partial charge in [0.1, 0.15) is 17.7 Å². The molecule has 1 heterocycles. The number of aliphatic hydroxyl groups is 1. The summed E-state index contributed by atoms with van der Waals surface area (Å²) >= 11 is 0. The van der Waals surface area contributed by atoms with Crippen LogP contribution in [0.2, 0.25) is 0 Å². The summed E-state index contributed by atoms with van der Waals surface area (Å²) in [6.07, 6.45) is 0.695. The van der Waals surface area contributed by atoms with Crippen molar-refractivity contribution < 1.29 is 14.2 Å². The van der Waals surface area contributed by atoms with E-state index in [9.17, 15) is 9.50 Å². The van der Waals surface area contributed by atoms with E-state index in [1.54, 1.807) is 24.4 Å². The highest BCUT2D eigenvalue weighted by atomic mass is 19.1. The molecule has 3 nitrogen and oxygen atoms in total. The second-order valence-corrected chi connectivity index (χ2v) is 3.42. The van der Waals surface area contributed by atoms with Gasteiger partial charge in [0, 0.05) is 23.5 Å². The van der Waals surface area contributed by atoms with E-state index in [1.807, 2.05) is 0 Å². The maximum absolute atomic E-state index is 13.6. The third kappa shape index (κ3) is 1.92. The van der Waals surface area contributed by atoms with E-state index in [0.717, 1.165) is 0 Å². The molecule has 0 amide bonds. The molecule has 2 rings (SSSR count). The molecular weight excluding hydrogens is 209 g/mol. The fourth-order valence-corrected chi connectivity index (χ4v) is 1.54. The van der Waals surface area contributed by atoms with Crippen molar-refractivity contribution in [2.24, 2.45) is 0 Å². The topological polar surface area (TPSA) is 45.2 Å². The number of rotatable bonds is 3. The summed E-state index contributed by atoms with van der Waals surface area (Å²) in [6, 6.07) is 7.83. The molecule has 0 aliphatic carbocycles. The number of aliphatic hydroxyl groups excluding tert-OH is 1.